The first-order chi connectivity index (χ1) is 9.54. The molecule has 1 N–H and O–H groups in total. The summed E-state index contributed by atoms with van der Waals surface area (Å²) in [7, 11) is -4.07. The van der Waals surface area contributed by atoms with Gasteiger partial charge in [-0.1, -0.05) is 64.0 Å². The van der Waals surface area contributed by atoms with Gasteiger partial charge in [0.25, 0.3) is 10.1 Å². The van der Waals surface area contributed by atoms with E-state index in [1.54, 1.807) is 12.1 Å². The van der Waals surface area contributed by atoms with Crippen molar-refractivity contribution >= 4 is 10.1 Å². The fraction of sp³-hybridized carbons (Fsp3) is 0.625. The van der Waals surface area contributed by atoms with Crippen molar-refractivity contribution in [2.24, 2.45) is 0 Å². The van der Waals surface area contributed by atoms with Gasteiger partial charge in [-0.25, -0.2) is 0 Å². The summed E-state index contributed by atoms with van der Waals surface area (Å²) in [5.74, 6) is 0. The van der Waals surface area contributed by atoms with Crippen LogP contribution in [0.2, 0.25) is 0 Å². The summed E-state index contributed by atoms with van der Waals surface area (Å²) in [6.45, 7) is 2.22. The van der Waals surface area contributed by atoms with Crippen molar-refractivity contribution in [1.29, 1.82) is 0 Å². The fourth-order valence-corrected chi connectivity index (χ4v) is 2.88. The predicted octanol–water partition coefficient (Wildman–Crippen LogP) is 4.62. The topological polar surface area (TPSA) is 54.4 Å². The van der Waals surface area contributed by atoms with Gasteiger partial charge in [-0.2, -0.15) is 8.42 Å². The summed E-state index contributed by atoms with van der Waals surface area (Å²) >= 11 is 0. The van der Waals surface area contributed by atoms with Crippen molar-refractivity contribution in [3.05, 3.63) is 29.8 Å². The van der Waals surface area contributed by atoms with Gasteiger partial charge < -0.3 is 0 Å². The predicted molar refractivity (Wildman–Crippen MR) is 82.6 cm³/mol. The molecule has 4 heteroatoms. The van der Waals surface area contributed by atoms with Crippen LogP contribution in [0.15, 0.2) is 29.2 Å². The number of hydrogen-bond donors (Lipinski definition) is 1. The van der Waals surface area contributed by atoms with E-state index in [-0.39, 0.29) is 4.90 Å². The number of aryl methyl sites for hydroxylation is 1. The number of benzene rings is 1. The quantitative estimate of drug-likeness (QED) is 0.506. The smallest absolute Gasteiger partial charge is 0.282 e. The van der Waals surface area contributed by atoms with E-state index < -0.39 is 10.1 Å². The molecule has 0 aliphatic heterocycles. The Balaban J connectivity index is 2.22. The van der Waals surface area contributed by atoms with Crippen molar-refractivity contribution in [3.63, 3.8) is 0 Å². The molecule has 0 radical (unpaired) electrons. The van der Waals surface area contributed by atoms with Crippen LogP contribution in [-0.4, -0.2) is 13.0 Å². The minimum atomic E-state index is -4.07. The number of rotatable bonds is 10. The molecular formula is C16H26O3S. The van der Waals surface area contributed by atoms with Crippen molar-refractivity contribution in [3.8, 4) is 0 Å². The normalized spacial score (nSPS) is 11.7. The second-order valence-corrected chi connectivity index (χ2v) is 6.77. The van der Waals surface area contributed by atoms with E-state index in [1.165, 1.54) is 51.0 Å². The molecule has 0 heterocycles. The van der Waals surface area contributed by atoms with E-state index in [2.05, 4.69) is 6.92 Å². The molecule has 0 aliphatic rings. The molecule has 0 saturated heterocycles. The molecule has 0 spiro atoms. The Bertz CT molecular complexity index is 480. The highest BCUT2D eigenvalue weighted by Gasteiger charge is 2.09. The molecule has 1 aromatic carbocycles. The van der Waals surface area contributed by atoms with Crippen LogP contribution in [0.3, 0.4) is 0 Å². The van der Waals surface area contributed by atoms with Gasteiger partial charge in [0.05, 0.1) is 4.90 Å². The minimum Gasteiger partial charge on any atom is -0.282 e. The van der Waals surface area contributed by atoms with Gasteiger partial charge in [0.1, 0.15) is 0 Å². The Morgan fingerprint density at radius 3 is 2.15 bits per heavy atom. The molecule has 0 saturated carbocycles. The lowest BCUT2D eigenvalue weighted by atomic mass is 10.0. The van der Waals surface area contributed by atoms with E-state index in [0.717, 1.165) is 18.4 Å². The van der Waals surface area contributed by atoms with Crippen LogP contribution in [0.5, 0.6) is 0 Å². The molecule has 0 aliphatic carbocycles. The summed E-state index contributed by atoms with van der Waals surface area (Å²) in [6.07, 6.45) is 11.0. The van der Waals surface area contributed by atoms with Gasteiger partial charge in [-0.05, 0) is 30.5 Å². The zero-order valence-corrected chi connectivity index (χ0v) is 13.2. The van der Waals surface area contributed by atoms with Gasteiger partial charge in [-0.15, -0.1) is 0 Å². The molecule has 1 aromatic rings. The molecule has 20 heavy (non-hydrogen) atoms. The third-order valence-corrected chi connectivity index (χ3v) is 4.36. The van der Waals surface area contributed by atoms with Gasteiger partial charge in [-0.3, -0.25) is 4.55 Å². The fourth-order valence-electron chi connectivity index (χ4n) is 2.32. The monoisotopic (exact) mass is 298 g/mol. The average molecular weight is 298 g/mol. The summed E-state index contributed by atoms with van der Waals surface area (Å²) in [4.78, 5) is -0.00503. The van der Waals surface area contributed by atoms with E-state index in [4.69, 9.17) is 4.55 Å². The highest BCUT2D eigenvalue weighted by atomic mass is 32.2. The molecular weight excluding hydrogens is 272 g/mol. The third-order valence-electron chi connectivity index (χ3n) is 3.52. The minimum absolute atomic E-state index is 0.00503. The summed E-state index contributed by atoms with van der Waals surface area (Å²) in [5, 5.41) is 0. The molecule has 0 aromatic heterocycles. The van der Waals surface area contributed by atoms with Gasteiger partial charge in [0.15, 0.2) is 0 Å². The zero-order chi connectivity index (χ0) is 14.8. The highest BCUT2D eigenvalue weighted by molar-refractivity contribution is 7.85. The number of hydrogen-bond acceptors (Lipinski definition) is 2. The van der Waals surface area contributed by atoms with Crippen molar-refractivity contribution in [2.75, 3.05) is 0 Å². The molecule has 0 amide bonds. The Morgan fingerprint density at radius 2 is 1.55 bits per heavy atom. The van der Waals surface area contributed by atoms with E-state index in [0.29, 0.717) is 0 Å². The van der Waals surface area contributed by atoms with Crippen LogP contribution in [0, 0.1) is 0 Å². The van der Waals surface area contributed by atoms with Crippen LogP contribution in [-0.2, 0) is 16.5 Å². The average Bonchev–Trinajstić information content (AvgIpc) is 2.41. The van der Waals surface area contributed by atoms with E-state index in [9.17, 15) is 8.42 Å². The summed E-state index contributed by atoms with van der Waals surface area (Å²) in [5.41, 5.74) is 0.978. The Morgan fingerprint density at radius 1 is 0.950 bits per heavy atom. The summed E-state index contributed by atoms with van der Waals surface area (Å²) in [6, 6.07) is 6.59. The van der Waals surface area contributed by atoms with Crippen molar-refractivity contribution < 1.29 is 13.0 Å². The standard InChI is InChI=1S/C16H26O3S/c1-2-3-4-5-6-7-8-9-11-15-12-10-13-16(14-15)20(17,18)19/h10,12-14H,2-9,11H2,1H3,(H,17,18,19). The van der Waals surface area contributed by atoms with Gasteiger partial charge >= 0.3 is 0 Å². The maximum Gasteiger partial charge on any atom is 0.294 e. The third kappa shape index (κ3) is 7.06. The van der Waals surface area contributed by atoms with Crippen molar-refractivity contribution in [1.82, 2.24) is 0 Å². The summed E-state index contributed by atoms with van der Waals surface area (Å²) < 4.78 is 31.1. The maximum atomic E-state index is 11.0. The van der Waals surface area contributed by atoms with Crippen LogP contribution < -0.4 is 0 Å². The second-order valence-electron chi connectivity index (χ2n) is 5.35. The van der Waals surface area contributed by atoms with Crippen molar-refractivity contribution in [2.45, 2.75) is 69.6 Å². The van der Waals surface area contributed by atoms with Crippen LogP contribution >= 0.6 is 0 Å². The maximum absolute atomic E-state index is 11.0. The Hall–Kier alpha value is -0.870. The molecule has 0 fully saturated rings. The molecule has 0 atom stereocenters. The Kier molecular flexibility index (Phi) is 7.85. The van der Waals surface area contributed by atoms with Crippen LogP contribution in [0.4, 0.5) is 0 Å². The lowest BCUT2D eigenvalue weighted by molar-refractivity contribution is 0.483. The molecule has 0 bridgehead atoms. The first-order valence-electron chi connectivity index (χ1n) is 7.60. The Labute approximate surface area is 123 Å². The second kappa shape index (κ2) is 9.14. The largest absolute Gasteiger partial charge is 0.294 e. The zero-order valence-electron chi connectivity index (χ0n) is 12.3. The van der Waals surface area contributed by atoms with E-state index >= 15 is 0 Å². The molecule has 114 valence electrons. The first kappa shape index (κ1) is 17.2. The lowest BCUT2D eigenvalue weighted by Gasteiger charge is -2.04. The molecule has 1 rings (SSSR count). The number of unbranched alkanes of at least 4 members (excludes halogenated alkanes) is 7. The molecule has 3 nitrogen and oxygen atoms in total. The highest BCUT2D eigenvalue weighted by Crippen LogP contribution is 2.15. The first-order valence-corrected chi connectivity index (χ1v) is 9.04. The SMILES string of the molecule is CCCCCCCCCCc1cccc(S(=O)(=O)O)c1. The molecule has 0 unspecified atom stereocenters. The van der Waals surface area contributed by atoms with Gasteiger partial charge in [0.2, 0.25) is 0 Å². The lowest BCUT2D eigenvalue weighted by Crippen LogP contribution is -1.98. The van der Waals surface area contributed by atoms with E-state index in [1.807, 2.05) is 6.07 Å². The van der Waals surface area contributed by atoms with Crippen LogP contribution in [0.1, 0.15) is 63.9 Å². The van der Waals surface area contributed by atoms with Crippen LogP contribution in [0.25, 0.3) is 0 Å². The van der Waals surface area contributed by atoms with Gasteiger partial charge in [0, 0.05) is 0 Å².